The average molecular weight is 251 g/mol. The molecular formula is C13H21N3S. The average Bonchev–Trinajstić information content (AvgIpc) is 2.79. The van der Waals surface area contributed by atoms with Crippen molar-refractivity contribution < 1.29 is 0 Å². The molecule has 2 rings (SSSR count). The van der Waals surface area contributed by atoms with Crippen molar-refractivity contribution in [3.63, 3.8) is 0 Å². The van der Waals surface area contributed by atoms with Crippen LogP contribution in [-0.4, -0.2) is 21.8 Å². The van der Waals surface area contributed by atoms with Crippen LogP contribution >= 0.6 is 11.8 Å². The third-order valence-corrected chi connectivity index (χ3v) is 4.21. The number of thioether (sulfide) groups is 1. The van der Waals surface area contributed by atoms with E-state index in [4.69, 9.17) is 4.98 Å². The first-order valence-electron chi connectivity index (χ1n) is 6.34. The molecule has 0 saturated carbocycles. The van der Waals surface area contributed by atoms with Crippen LogP contribution in [0.5, 0.6) is 0 Å². The molecule has 1 aliphatic rings. The fraction of sp³-hybridized carbons (Fsp3) is 0.692. The van der Waals surface area contributed by atoms with Crippen LogP contribution in [0.2, 0.25) is 0 Å². The molecule has 1 aromatic heterocycles. The lowest BCUT2D eigenvalue weighted by Gasteiger charge is -2.12. The third-order valence-electron chi connectivity index (χ3n) is 2.83. The Kier molecular flexibility index (Phi) is 4.40. The molecule has 1 unspecified atom stereocenters. The van der Waals surface area contributed by atoms with Crippen molar-refractivity contribution in [2.24, 2.45) is 0 Å². The first-order valence-corrected chi connectivity index (χ1v) is 7.39. The van der Waals surface area contributed by atoms with E-state index in [9.17, 15) is 0 Å². The van der Waals surface area contributed by atoms with Gasteiger partial charge in [0.05, 0.1) is 10.9 Å². The zero-order valence-corrected chi connectivity index (χ0v) is 11.7. The standard InChI is InChI=1S/C13H21N3S/c1-9(2)14-8-11-7-10(3)15-13(16-11)12-5-4-6-17-12/h7,9,12,14H,4-6,8H2,1-3H3. The van der Waals surface area contributed by atoms with Crippen molar-refractivity contribution in [2.75, 3.05) is 5.75 Å². The van der Waals surface area contributed by atoms with E-state index in [1.165, 1.54) is 18.6 Å². The van der Waals surface area contributed by atoms with Gasteiger partial charge in [-0.25, -0.2) is 9.97 Å². The number of rotatable bonds is 4. The highest BCUT2D eigenvalue weighted by Gasteiger charge is 2.20. The van der Waals surface area contributed by atoms with Gasteiger partial charge < -0.3 is 5.32 Å². The van der Waals surface area contributed by atoms with Crippen molar-refractivity contribution in [3.05, 3.63) is 23.3 Å². The molecule has 0 spiro atoms. The van der Waals surface area contributed by atoms with E-state index in [0.29, 0.717) is 11.3 Å². The fourth-order valence-corrected chi connectivity index (χ4v) is 3.19. The molecule has 0 aliphatic carbocycles. The summed E-state index contributed by atoms with van der Waals surface area (Å²) < 4.78 is 0. The van der Waals surface area contributed by atoms with Crippen LogP contribution in [-0.2, 0) is 6.54 Å². The maximum absolute atomic E-state index is 4.69. The van der Waals surface area contributed by atoms with E-state index < -0.39 is 0 Å². The molecule has 94 valence electrons. The molecule has 17 heavy (non-hydrogen) atoms. The van der Waals surface area contributed by atoms with Gasteiger partial charge in [0, 0.05) is 18.3 Å². The van der Waals surface area contributed by atoms with Crippen molar-refractivity contribution in [1.29, 1.82) is 0 Å². The first-order chi connectivity index (χ1) is 8.15. The molecule has 1 aliphatic heterocycles. The lowest BCUT2D eigenvalue weighted by Crippen LogP contribution is -2.23. The minimum Gasteiger partial charge on any atom is -0.309 e. The van der Waals surface area contributed by atoms with Crippen LogP contribution in [0.25, 0.3) is 0 Å². The lowest BCUT2D eigenvalue weighted by atomic mass is 10.2. The zero-order chi connectivity index (χ0) is 12.3. The van der Waals surface area contributed by atoms with Crippen LogP contribution in [0.1, 0.15) is 49.2 Å². The summed E-state index contributed by atoms with van der Waals surface area (Å²) in [4.78, 5) is 9.28. The van der Waals surface area contributed by atoms with Crippen LogP contribution in [0.3, 0.4) is 0 Å². The predicted octanol–water partition coefficient (Wildman–Crippen LogP) is 2.85. The van der Waals surface area contributed by atoms with E-state index in [1.807, 2.05) is 11.8 Å². The molecule has 1 aromatic rings. The Morgan fingerprint density at radius 3 is 2.94 bits per heavy atom. The summed E-state index contributed by atoms with van der Waals surface area (Å²) in [6.07, 6.45) is 2.53. The molecule has 0 radical (unpaired) electrons. The molecule has 1 N–H and O–H groups in total. The molecule has 2 heterocycles. The van der Waals surface area contributed by atoms with Crippen molar-refractivity contribution in [1.82, 2.24) is 15.3 Å². The minimum atomic E-state index is 0.495. The number of aromatic nitrogens is 2. The van der Waals surface area contributed by atoms with E-state index in [0.717, 1.165) is 23.8 Å². The summed E-state index contributed by atoms with van der Waals surface area (Å²) in [5.41, 5.74) is 2.21. The summed E-state index contributed by atoms with van der Waals surface area (Å²) in [7, 11) is 0. The monoisotopic (exact) mass is 251 g/mol. The van der Waals surface area contributed by atoms with Crippen LogP contribution < -0.4 is 5.32 Å². The Balaban J connectivity index is 2.11. The Labute approximate surface area is 108 Å². The highest BCUT2D eigenvalue weighted by atomic mass is 32.2. The Morgan fingerprint density at radius 2 is 2.29 bits per heavy atom. The van der Waals surface area contributed by atoms with Gasteiger partial charge in [0.25, 0.3) is 0 Å². The molecule has 1 saturated heterocycles. The van der Waals surface area contributed by atoms with Gasteiger partial charge in [-0.05, 0) is 31.6 Å². The summed E-state index contributed by atoms with van der Waals surface area (Å²) >= 11 is 1.99. The fourth-order valence-electron chi connectivity index (χ4n) is 1.98. The van der Waals surface area contributed by atoms with Crippen molar-refractivity contribution >= 4 is 11.8 Å². The number of hydrogen-bond acceptors (Lipinski definition) is 4. The van der Waals surface area contributed by atoms with Gasteiger partial charge in [0.2, 0.25) is 0 Å². The van der Waals surface area contributed by atoms with E-state index in [2.05, 4.69) is 37.1 Å². The normalized spacial score (nSPS) is 20.1. The second kappa shape index (κ2) is 5.83. The molecule has 0 bridgehead atoms. The molecule has 4 heteroatoms. The van der Waals surface area contributed by atoms with Gasteiger partial charge >= 0.3 is 0 Å². The van der Waals surface area contributed by atoms with Gasteiger partial charge in [0.15, 0.2) is 0 Å². The number of hydrogen-bond donors (Lipinski definition) is 1. The Hall–Kier alpha value is -0.610. The van der Waals surface area contributed by atoms with Crippen LogP contribution in [0.15, 0.2) is 6.07 Å². The smallest absolute Gasteiger partial charge is 0.141 e. The molecular weight excluding hydrogens is 230 g/mol. The SMILES string of the molecule is Cc1cc(CNC(C)C)nc(C2CCCS2)n1. The van der Waals surface area contributed by atoms with Gasteiger partial charge in [-0.15, -0.1) is 0 Å². The van der Waals surface area contributed by atoms with Gasteiger partial charge in [0.1, 0.15) is 5.82 Å². The van der Waals surface area contributed by atoms with E-state index in [-0.39, 0.29) is 0 Å². The van der Waals surface area contributed by atoms with Crippen LogP contribution in [0, 0.1) is 6.92 Å². The Morgan fingerprint density at radius 1 is 1.47 bits per heavy atom. The van der Waals surface area contributed by atoms with Gasteiger partial charge in [-0.2, -0.15) is 11.8 Å². The molecule has 0 aromatic carbocycles. The molecule has 3 nitrogen and oxygen atoms in total. The number of nitrogens with one attached hydrogen (secondary N) is 1. The van der Waals surface area contributed by atoms with Gasteiger partial charge in [-0.1, -0.05) is 13.8 Å². The van der Waals surface area contributed by atoms with Gasteiger partial charge in [-0.3, -0.25) is 0 Å². The second-order valence-corrected chi connectivity index (χ2v) is 6.21. The van der Waals surface area contributed by atoms with Crippen LogP contribution in [0.4, 0.5) is 0 Å². The summed E-state index contributed by atoms with van der Waals surface area (Å²) in [5, 5.41) is 3.93. The largest absolute Gasteiger partial charge is 0.309 e. The molecule has 0 amide bonds. The predicted molar refractivity (Wildman–Crippen MR) is 73.2 cm³/mol. The first kappa shape index (κ1) is 12.8. The third kappa shape index (κ3) is 3.68. The molecule has 1 fully saturated rings. The highest BCUT2D eigenvalue weighted by molar-refractivity contribution is 7.99. The maximum atomic E-state index is 4.69. The Bertz CT molecular complexity index is 373. The number of aryl methyl sites for hydroxylation is 1. The van der Waals surface area contributed by atoms with E-state index in [1.54, 1.807) is 0 Å². The van der Waals surface area contributed by atoms with E-state index >= 15 is 0 Å². The highest BCUT2D eigenvalue weighted by Crippen LogP contribution is 2.38. The molecule has 1 atom stereocenters. The minimum absolute atomic E-state index is 0.495. The topological polar surface area (TPSA) is 37.8 Å². The number of nitrogens with zero attached hydrogens (tertiary/aromatic N) is 2. The lowest BCUT2D eigenvalue weighted by molar-refractivity contribution is 0.577. The summed E-state index contributed by atoms with van der Waals surface area (Å²) in [5.74, 6) is 2.29. The zero-order valence-electron chi connectivity index (χ0n) is 10.9. The summed E-state index contributed by atoms with van der Waals surface area (Å²) in [6, 6.07) is 2.58. The van der Waals surface area contributed by atoms with Crippen molar-refractivity contribution in [2.45, 2.75) is 51.4 Å². The quantitative estimate of drug-likeness (QED) is 0.893. The second-order valence-electron chi connectivity index (χ2n) is 4.90. The maximum Gasteiger partial charge on any atom is 0.141 e. The summed E-state index contributed by atoms with van der Waals surface area (Å²) in [6.45, 7) is 7.21. The van der Waals surface area contributed by atoms with Crippen molar-refractivity contribution in [3.8, 4) is 0 Å².